The molecule has 0 aliphatic heterocycles. The second-order valence-corrected chi connectivity index (χ2v) is 2.39. The van der Waals surface area contributed by atoms with Crippen LogP contribution in [0.5, 0.6) is 0 Å². The van der Waals surface area contributed by atoms with E-state index in [4.69, 9.17) is 0 Å². The molecule has 0 saturated carbocycles. The standard InChI is InChI=1S/C7H7N3O/c1-4-9-6-5(2-3-8-6)7(11)10-4/h2-3H,1H3,(H2,8,9,10,11). The summed E-state index contributed by atoms with van der Waals surface area (Å²) >= 11 is 0. The minimum atomic E-state index is -0.0891. The smallest absolute Gasteiger partial charge is 0.260 e. The molecule has 2 aromatic heterocycles. The van der Waals surface area contributed by atoms with Crippen molar-refractivity contribution in [3.63, 3.8) is 0 Å². The molecular formula is C7H7N3O. The van der Waals surface area contributed by atoms with Gasteiger partial charge in [-0.15, -0.1) is 0 Å². The van der Waals surface area contributed by atoms with Crippen LogP contribution in [-0.4, -0.2) is 15.0 Å². The molecule has 2 aromatic rings. The number of nitrogens with one attached hydrogen (secondary N) is 2. The van der Waals surface area contributed by atoms with Crippen LogP contribution in [0.25, 0.3) is 11.0 Å². The van der Waals surface area contributed by atoms with Crippen LogP contribution in [0.3, 0.4) is 0 Å². The molecule has 0 saturated heterocycles. The Hall–Kier alpha value is -1.58. The van der Waals surface area contributed by atoms with Crippen molar-refractivity contribution >= 4 is 11.0 Å². The summed E-state index contributed by atoms with van der Waals surface area (Å²) in [6.45, 7) is 1.75. The molecule has 2 N–H and O–H groups in total. The van der Waals surface area contributed by atoms with Crippen molar-refractivity contribution in [1.29, 1.82) is 0 Å². The van der Waals surface area contributed by atoms with Gasteiger partial charge < -0.3 is 9.97 Å². The fourth-order valence-electron chi connectivity index (χ4n) is 1.06. The summed E-state index contributed by atoms with van der Waals surface area (Å²) in [5, 5.41) is 0.607. The van der Waals surface area contributed by atoms with Crippen LogP contribution < -0.4 is 5.56 Å². The average Bonchev–Trinajstić information content (AvgIpc) is 2.34. The zero-order chi connectivity index (χ0) is 7.84. The number of rotatable bonds is 0. The summed E-state index contributed by atoms with van der Waals surface area (Å²) in [4.78, 5) is 20.7. The Labute approximate surface area is 62.3 Å². The van der Waals surface area contributed by atoms with Crippen LogP contribution in [0.4, 0.5) is 0 Å². The van der Waals surface area contributed by atoms with Crippen LogP contribution in [0.15, 0.2) is 17.1 Å². The summed E-state index contributed by atoms with van der Waals surface area (Å²) in [6.07, 6.45) is 1.70. The molecule has 0 aliphatic rings. The van der Waals surface area contributed by atoms with Crippen LogP contribution in [0.1, 0.15) is 5.82 Å². The van der Waals surface area contributed by atoms with Gasteiger partial charge in [-0.2, -0.15) is 0 Å². The largest absolute Gasteiger partial charge is 0.346 e. The summed E-state index contributed by atoms with van der Waals surface area (Å²) in [5.41, 5.74) is 0.556. The van der Waals surface area contributed by atoms with Gasteiger partial charge in [-0.05, 0) is 13.0 Å². The highest BCUT2D eigenvalue weighted by Crippen LogP contribution is 2.01. The van der Waals surface area contributed by atoms with Gasteiger partial charge in [-0.3, -0.25) is 4.79 Å². The predicted octanol–water partition coefficient (Wildman–Crippen LogP) is 0.560. The molecule has 0 amide bonds. The lowest BCUT2D eigenvalue weighted by atomic mass is 10.4. The van der Waals surface area contributed by atoms with Crippen LogP contribution >= 0.6 is 0 Å². The number of aryl methyl sites for hydroxylation is 1. The second kappa shape index (κ2) is 1.95. The highest BCUT2D eigenvalue weighted by molar-refractivity contribution is 5.73. The molecular weight excluding hydrogens is 142 g/mol. The fraction of sp³-hybridized carbons (Fsp3) is 0.143. The molecule has 0 atom stereocenters. The molecule has 4 heteroatoms. The molecule has 0 spiro atoms. The summed E-state index contributed by atoms with van der Waals surface area (Å²) < 4.78 is 0. The van der Waals surface area contributed by atoms with Gasteiger partial charge in [0, 0.05) is 6.20 Å². The van der Waals surface area contributed by atoms with Crippen LogP contribution in [0.2, 0.25) is 0 Å². The normalized spacial score (nSPS) is 10.6. The first-order valence-electron chi connectivity index (χ1n) is 3.31. The van der Waals surface area contributed by atoms with E-state index in [-0.39, 0.29) is 5.56 Å². The number of aromatic amines is 2. The molecule has 0 fully saturated rings. The number of aromatic nitrogens is 3. The highest BCUT2D eigenvalue weighted by atomic mass is 16.1. The minimum Gasteiger partial charge on any atom is -0.346 e. The van der Waals surface area contributed by atoms with Crippen molar-refractivity contribution in [2.24, 2.45) is 0 Å². The maximum absolute atomic E-state index is 11.1. The van der Waals surface area contributed by atoms with Gasteiger partial charge in [0.1, 0.15) is 11.5 Å². The monoisotopic (exact) mass is 149 g/mol. The zero-order valence-corrected chi connectivity index (χ0v) is 6.01. The third-order valence-corrected chi connectivity index (χ3v) is 1.54. The van der Waals surface area contributed by atoms with Crippen molar-refractivity contribution < 1.29 is 0 Å². The van der Waals surface area contributed by atoms with Crippen molar-refractivity contribution in [3.8, 4) is 0 Å². The molecule has 0 aliphatic carbocycles. The lowest BCUT2D eigenvalue weighted by molar-refractivity contribution is 1.05. The third kappa shape index (κ3) is 0.832. The van der Waals surface area contributed by atoms with Gasteiger partial charge in [0.25, 0.3) is 5.56 Å². The lowest BCUT2D eigenvalue weighted by Gasteiger charge is -1.90. The van der Waals surface area contributed by atoms with Crippen molar-refractivity contribution in [1.82, 2.24) is 15.0 Å². The number of hydrogen-bond acceptors (Lipinski definition) is 2. The SMILES string of the molecule is Cc1nc2[nH]ccc2c(=O)[nH]1. The van der Waals surface area contributed by atoms with E-state index in [1.807, 2.05) is 0 Å². The number of H-pyrrole nitrogens is 2. The van der Waals surface area contributed by atoms with Crippen LogP contribution in [0, 0.1) is 6.92 Å². The topological polar surface area (TPSA) is 61.5 Å². The van der Waals surface area contributed by atoms with Gasteiger partial charge in [0.2, 0.25) is 0 Å². The van der Waals surface area contributed by atoms with E-state index in [1.54, 1.807) is 19.2 Å². The van der Waals surface area contributed by atoms with Crippen molar-refractivity contribution in [3.05, 3.63) is 28.4 Å². The Bertz CT molecular complexity index is 440. The van der Waals surface area contributed by atoms with Crippen LogP contribution in [-0.2, 0) is 0 Å². The molecule has 2 heterocycles. The molecule has 4 nitrogen and oxygen atoms in total. The molecule has 0 unspecified atom stereocenters. The fourth-order valence-corrected chi connectivity index (χ4v) is 1.06. The van der Waals surface area contributed by atoms with E-state index in [2.05, 4.69) is 15.0 Å². The Morgan fingerprint density at radius 3 is 3.18 bits per heavy atom. The maximum atomic E-state index is 11.1. The van der Waals surface area contributed by atoms with Gasteiger partial charge in [0.15, 0.2) is 0 Å². The van der Waals surface area contributed by atoms with E-state index in [1.165, 1.54) is 0 Å². The third-order valence-electron chi connectivity index (χ3n) is 1.54. The number of fused-ring (bicyclic) bond motifs is 1. The minimum absolute atomic E-state index is 0.0891. The molecule has 0 bridgehead atoms. The summed E-state index contributed by atoms with van der Waals surface area (Å²) in [6, 6.07) is 1.71. The Kier molecular flexibility index (Phi) is 1.09. The van der Waals surface area contributed by atoms with Gasteiger partial charge in [0.05, 0.1) is 5.39 Å². The van der Waals surface area contributed by atoms with Gasteiger partial charge in [-0.25, -0.2) is 4.98 Å². The van der Waals surface area contributed by atoms with E-state index < -0.39 is 0 Å². The van der Waals surface area contributed by atoms with E-state index in [0.717, 1.165) is 0 Å². The molecule has 56 valence electrons. The summed E-state index contributed by atoms with van der Waals surface area (Å²) in [7, 11) is 0. The van der Waals surface area contributed by atoms with E-state index in [0.29, 0.717) is 16.9 Å². The maximum Gasteiger partial charge on any atom is 0.260 e. The molecule has 0 aromatic carbocycles. The summed E-state index contributed by atoms with van der Waals surface area (Å²) in [5.74, 6) is 0.630. The Morgan fingerprint density at radius 1 is 1.55 bits per heavy atom. The molecule has 0 radical (unpaired) electrons. The lowest BCUT2D eigenvalue weighted by Crippen LogP contribution is -2.08. The van der Waals surface area contributed by atoms with E-state index in [9.17, 15) is 4.79 Å². The Morgan fingerprint density at radius 2 is 2.36 bits per heavy atom. The second-order valence-electron chi connectivity index (χ2n) is 2.39. The quantitative estimate of drug-likeness (QED) is 0.574. The highest BCUT2D eigenvalue weighted by Gasteiger charge is 1.99. The van der Waals surface area contributed by atoms with Gasteiger partial charge in [-0.1, -0.05) is 0 Å². The van der Waals surface area contributed by atoms with E-state index >= 15 is 0 Å². The number of nitrogens with zero attached hydrogens (tertiary/aromatic N) is 1. The zero-order valence-electron chi connectivity index (χ0n) is 6.01. The van der Waals surface area contributed by atoms with Crippen molar-refractivity contribution in [2.75, 3.05) is 0 Å². The first kappa shape index (κ1) is 6.15. The Balaban J connectivity index is 3.02. The molecule has 2 rings (SSSR count). The average molecular weight is 149 g/mol. The first-order chi connectivity index (χ1) is 5.27. The number of hydrogen-bond donors (Lipinski definition) is 2. The first-order valence-corrected chi connectivity index (χ1v) is 3.31. The van der Waals surface area contributed by atoms with Gasteiger partial charge >= 0.3 is 0 Å². The van der Waals surface area contributed by atoms with Crippen molar-refractivity contribution in [2.45, 2.75) is 6.92 Å². The molecule has 11 heavy (non-hydrogen) atoms. The predicted molar refractivity (Wildman–Crippen MR) is 41.5 cm³/mol.